The van der Waals surface area contributed by atoms with Crippen LogP contribution < -0.4 is 5.32 Å². The number of hydrogen-bond acceptors (Lipinski definition) is 4. The van der Waals surface area contributed by atoms with Crippen LogP contribution in [0.4, 0.5) is 0 Å². The molecule has 2 aliphatic rings. The van der Waals surface area contributed by atoms with Crippen LogP contribution >= 0.6 is 36.4 Å². The van der Waals surface area contributed by atoms with Crippen LogP contribution in [0.5, 0.6) is 0 Å². The van der Waals surface area contributed by atoms with Gasteiger partial charge in [-0.1, -0.05) is 29.8 Å². The van der Waals surface area contributed by atoms with Gasteiger partial charge in [0.2, 0.25) is 5.91 Å². The SMILES string of the molecule is COCC1(C(=O)N2CCN(C(C)c3ccccc3Cl)CC2)CCNCC1.Cl.Cl. The van der Waals surface area contributed by atoms with Crippen LogP contribution in [0.2, 0.25) is 5.02 Å². The Morgan fingerprint density at radius 3 is 2.36 bits per heavy atom. The zero-order valence-corrected chi connectivity index (χ0v) is 19.0. The fourth-order valence-electron chi connectivity index (χ4n) is 4.26. The highest BCUT2D eigenvalue weighted by atomic mass is 35.5. The molecule has 1 atom stereocenters. The molecule has 1 amide bonds. The predicted octanol–water partition coefficient (Wildman–Crippen LogP) is 3.41. The lowest BCUT2D eigenvalue weighted by molar-refractivity contribution is -0.149. The second-order valence-corrected chi connectivity index (χ2v) is 7.90. The fourth-order valence-corrected chi connectivity index (χ4v) is 4.55. The van der Waals surface area contributed by atoms with E-state index in [4.69, 9.17) is 16.3 Å². The number of carbonyl (C=O) groups is 1. The number of nitrogens with zero attached hydrogens (tertiary/aromatic N) is 2. The third kappa shape index (κ3) is 5.53. The van der Waals surface area contributed by atoms with E-state index in [1.54, 1.807) is 7.11 Å². The summed E-state index contributed by atoms with van der Waals surface area (Å²) in [6, 6.07) is 8.28. The van der Waals surface area contributed by atoms with Crippen LogP contribution in [0, 0.1) is 5.41 Å². The number of nitrogens with one attached hydrogen (secondary N) is 1. The molecule has 2 fully saturated rings. The van der Waals surface area contributed by atoms with E-state index >= 15 is 0 Å². The van der Waals surface area contributed by atoms with Gasteiger partial charge in [-0.3, -0.25) is 9.69 Å². The Labute approximate surface area is 185 Å². The van der Waals surface area contributed by atoms with Crippen LogP contribution in [-0.4, -0.2) is 68.7 Å². The quantitative estimate of drug-likeness (QED) is 0.743. The molecule has 28 heavy (non-hydrogen) atoms. The van der Waals surface area contributed by atoms with Crippen molar-refractivity contribution in [3.63, 3.8) is 0 Å². The van der Waals surface area contributed by atoms with Crippen molar-refractivity contribution in [2.24, 2.45) is 5.41 Å². The topological polar surface area (TPSA) is 44.8 Å². The summed E-state index contributed by atoms with van der Waals surface area (Å²) in [5, 5.41) is 4.17. The van der Waals surface area contributed by atoms with E-state index in [0.29, 0.717) is 6.61 Å². The minimum Gasteiger partial charge on any atom is -0.384 e. The second kappa shape index (κ2) is 11.6. The van der Waals surface area contributed by atoms with Crippen molar-refractivity contribution in [2.75, 3.05) is 53.0 Å². The lowest BCUT2D eigenvalue weighted by atomic mass is 9.78. The number of benzene rings is 1. The zero-order chi connectivity index (χ0) is 18.6. The van der Waals surface area contributed by atoms with Gasteiger partial charge < -0.3 is 15.0 Å². The van der Waals surface area contributed by atoms with E-state index < -0.39 is 0 Å². The van der Waals surface area contributed by atoms with E-state index in [0.717, 1.165) is 62.7 Å². The molecular weight excluding hydrogens is 421 g/mol. The lowest BCUT2D eigenvalue weighted by Crippen LogP contribution is -2.56. The van der Waals surface area contributed by atoms with Gasteiger partial charge in [0.1, 0.15) is 0 Å². The highest BCUT2D eigenvalue weighted by molar-refractivity contribution is 6.31. The minimum absolute atomic E-state index is 0. The first-order valence-corrected chi connectivity index (χ1v) is 9.93. The normalized spacial score (nSPS) is 20.6. The van der Waals surface area contributed by atoms with E-state index in [-0.39, 0.29) is 42.2 Å². The molecule has 2 aliphatic heterocycles. The lowest BCUT2D eigenvalue weighted by Gasteiger charge is -2.44. The number of carbonyl (C=O) groups excluding carboxylic acids is 1. The Morgan fingerprint density at radius 1 is 1.18 bits per heavy atom. The van der Waals surface area contributed by atoms with Crippen molar-refractivity contribution < 1.29 is 9.53 Å². The van der Waals surface area contributed by atoms with Crippen LogP contribution in [-0.2, 0) is 9.53 Å². The van der Waals surface area contributed by atoms with Crippen molar-refractivity contribution in [3.8, 4) is 0 Å². The molecule has 0 spiro atoms. The molecule has 0 aromatic heterocycles. The number of piperazine rings is 1. The molecule has 1 aromatic rings. The van der Waals surface area contributed by atoms with Crippen LogP contribution in [0.25, 0.3) is 0 Å². The maximum Gasteiger partial charge on any atom is 0.231 e. The van der Waals surface area contributed by atoms with Gasteiger partial charge in [-0.05, 0) is 44.5 Å². The second-order valence-electron chi connectivity index (χ2n) is 7.49. The number of halogens is 3. The molecule has 1 N–H and O–H groups in total. The Morgan fingerprint density at radius 2 is 1.79 bits per heavy atom. The van der Waals surface area contributed by atoms with E-state index in [2.05, 4.69) is 23.2 Å². The third-order valence-electron chi connectivity index (χ3n) is 5.94. The van der Waals surface area contributed by atoms with Gasteiger partial charge >= 0.3 is 0 Å². The molecule has 3 rings (SSSR count). The van der Waals surface area contributed by atoms with Crippen LogP contribution in [0.3, 0.4) is 0 Å². The average Bonchev–Trinajstić information content (AvgIpc) is 2.68. The molecule has 160 valence electrons. The van der Waals surface area contributed by atoms with Crippen molar-refractivity contribution in [3.05, 3.63) is 34.9 Å². The van der Waals surface area contributed by atoms with Gasteiger partial charge in [0.25, 0.3) is 0 Å². The summed E-state index contributed by atoms with van der Waals surface area (Å²) in [6.45, 7) is 7.77. The zero-order valence-electron chi connectivity index (χ0n) is 16.7. The van der Waals surface area contributed by atoms with Gasteiger partial charge in [0.15, 0.2) is 0 Å². The standard InChI is InChI=1S/C20H30ClN3O2.2ClH/c1-16(17-5-3-4-6-18(17)21)23-11-13-24(14-12-23)19(25)20(15-26-2)7-9-22-10-8-20;;/h3-6,16,22H,7-15H2,1-2H3;2*1H. The monoisotopic (exact) mass is 451 g/mol. The Balaban J connectivity index is 0.00000196. The summed E-state index contributed by atoms with van der Waals surface area (Å²) in [5.74, 6) is 0.269. The highest BCUT2D eigenvalue weighted by Crippen LogP contribution is 2.33. The van der Waals surface area contributed by atoms with Crippen molar-refractivity contribution >= 4 is 42.3 Å². The molecule has 2 saturated heterocycles. The van der Waals surface area contributed by atoms with Gasteiger partial charge in [0, 0.05) is 44.4 Å². The summed E-state index contributed by atoms with van der Waals surface area (Å²) >= 11 is 6.36. The van der Waals surface area contributed by atoms with Crippen molar-refractivity contribution in [1.29, 1.82) is 0 Å². The van der Waals surface area contributed by atoms with E-state index in [9.17, 15) is 4.79 Å². The van der Waals surface area contributed by atoms with Gasteiger partial charge in [-0.2, -0.15) is 0 Å². The van der Waals surface area contributed by atoms with Gasteiger partial charge in [-0.15, -0.1) is 24.8 Å². The highest BCUT2D eigenvalue weighted by Gasteiger charge is 2.43. The average molecular weight is 453 g/mol. The summed E-state index contributed by atoms with van der Waals surface area (Å²) in [7, 11) is 1.69. The summed E-state index contributed by atoms with van der Waals surface area (Å²) in [6.07, 6.45) is 1.71. The summed E-state index contributed by atoms with van der Waals surface area (Å²) in [4.78, 5) is 17.7. The Bertz CT molecular complexity index is 613. The molecule has 0 saturated carbocycles. The smallest absolute Gasteiger partial charge is 0.231 e. The van der Waals surface area contributed by atoms with Crippen LogP contribution in [0.15, 0.2) is 24.3 Å². The third-order valence-corrected chi connectivity index (χ3v) is 6.28. The Kier molecular flexibility index (Phi) is 10.5. The first-order chi connectivity index (χ1) is 12.6. The number of hydrogen-bond donors (Lipinski definition) is 1. The molecule has 2 heterocycles. The predicted molar refractivity (Wildman–Crippen MR) is 119 cm³/mol. The summed E-state index contributed by atoms with van der Waals surface area (Å²) in [5.41, 5.74) is 0.805. The first-order valence-electron chi connectivity index (χ1n) is 9.55. The maximum absolute atomic E-state index is 13.2. The van der Waals surface area contributed by atoms with E-state index in [1.807, 2.05) is 23.1 Å². The molecule has 1 unspecified atom stereocenters. The maximum atomic E-state index is 13.2. The molecule has 5 nitrogen and oxygen atoms in total. The van der Waals surface area contributed by atoms with Gasteiger partial charge in [-0.25, -0.2) is 0 Å². The van der Waals surface area contributed by atoms with E-state index in [1.165, 1.54) is 0 Å². The molecule has 0 aliphatic carbocycles. The van der Waals surface area contributed by atoms with Crippen molar-refractivity contribution in [2.45, 2.75) is 25.8 Å². The molecule has 8 heteroatoms. The van der Waals surface area contributed by atoms with Crippen LogP contribution in [0.1, 0.15) is 31.4 Å². The number of piperidine rings is 1. The number of amides is 1. The fraction of sp³-hybridized carbons (Fsp3) is 0.650. The molecular formula is C20H32Cl3N3O2. The number of ether oxygens (including phenoxy) is 1. The molecule has 1 aromatic carbocycles. The minimum atomic E-state index is -0.351. The molecule has 0 bridgehead atoms. The number of methoxy groups -OCH3 is 1. The number of rotatable bonds is 5. The van der Waals surface area contributed by atoms with Gasteiger partial charge in [0.05, 0.1) is 12.0 Å². The van der Waals surface area contributed by atoms with Crippen molar-refractivity contribution in [1.82, 2.24) is 15.1 Å². The first kappa shape index (κ1) is 25.5. The Hall–Kier alpha value is -0.560. The molecule has 0 radical (unpaired) electrons. The largest absolute Gasteiger partial charge is 0.384 e. The summed E-state index contributed by atoms with van der Waals surface area (Å²) < 4.78 is 5.43.